The molecule has 0 amide bonds. The number of hydrogen-bond acceptors (Lipinski definition) is 0. The normalized spacial score (nSPS) is 17.3. The predicted octanol–water partition coefficient (Wildman–Crippen LogP) is 7.67. The molecule has 2 aromatic carbocycles. The fourth-order valence-corrected chi connectivity index (χ4v) is 15.7. The van der Waals surface area contributed by atoms with Crippen molar-refractivity contribution in [3.63, 3.8) is 0 Å². The van der Waals surface area contributed by atoms with E-state index in [0.717, 1.165) is 0 Å². The van der Waals surface area contributed by atoms with Crippen molar-refractivity contribution in [3.8, 4) is 0 Å². The molecule has 192 valence electrons. The van der Waals surface area contributed by atoms with Gasteiger partial charge in [-0.25, -0.2) is 0 Å². The van der Waals surface area contributed by atoms with E-state index in [0.29, 0.717) is 35.4 Å². The second kappa shape index (κ2) is 8.48. The molecule has 0 aromatic heterocycles. The molecule has 1 heterocycles. The zero-order valence-electron chi connectivity index (χ0n) is 17.9. The van der Waals surface area contributed by atoms with E-state index >= 15 is 0 Å². The number of hydrogen-bond donors (Lipinski definition) is 0. The Bertz CT molecular complexity index is 1010. The first-order chi connectivity index (χ1) is 15.6. The summed E-state index contributed by atoms with van der Waals surface area (Å²) in [6.07, 6.45) is -20.9. The molecule has 2 aromatic rings. The number of halogens is 12. The molecular formula is C22H16F12Ge. The van der Waals surface area contributed by atoms with E-state index in [-0.39, 0.29) is 22.6 Å². The first-order valence-electron chi connectivity index (χ1n) is 9.90. The summed E-state index contributed by atoms with van der Waals surface area (Å²) < 4.78 is 161. The first kappa shape index (κ1) is 27.5. The van der Waals surface area contributed by atoms with Gasteiger partial charge in [-0.15, -0.1) is 0 Å². The van der Waals surface area contributed by atoms with Crippen LogP contribution in [0.25, 0.3) is 0 Å². The molecule has 35 heavy (non-hydrogen) atoms. The van der Waals surface area contributed by atoms with Crippen LogP contribution in [0.5, 0.6) is 0 Å². The van der Waals surface area contributed by atoms with Crippen LogP contribution in [0.4, 0.5) is 52.7 Å². The Morgan fingerprint density at radius 3 is 0.886 bits per heavy atom. The van der Waals surface area contributed by atoms with E-state index < -0.39 is 69.0 Å². The molecule has 0 aliphatic carbocycles. The summed E-state index contributed by atoms with van der Waals surface area (Å²) in [5.41, 5.74) is -5.64. The molecule has 3 rings (SSSR count). The Kier molecular flexibility index (Phi) is 6.66. The summed E-state index contributed by atoms with van der Waals surface area (Å²) in [6.45, 7) is 3.03. The molecule has 0 saturated heterocycles. The monoisotopic (exact) mass is 582 g/mol. The van der Waals surface area contributed by atoms with Crippen molar-refractivity contribution in [1.82, 2.24) is 0 Å². The van der Waals surface area contributed by atoms with Gasteiger partial charge in [0.25, 0.3) is 0 Å². The van der Waals surface area contributed by atoms with Crippen molar-refractivity contribution < 1.29 is 52.7 Å². The molecule has 0 radical (unpaired) electrons. The van der Waals surface area contributed by atoms with E-state index in [9.17, 15) is 52.7 Å². The molecule has 0 nitrogen and oxygen atoms in total. The van der Waals surface area contributed by atoms with Crippen LogP contribution in [0.15, 0.2) is 47.5 Å². The van der Waals surface area contributed by atoms with Crippen molar-refractivity contribution in [2.45, 2.75) is 49.1 Å². The van der Waals surface area contributed by atoms with Gasteiger partial charge in [0.1, 0.15) is 0 Å². The van der Waals surface area contributed by atoms with Crippen LogP contribution in [-0.2, 0) is 24.7 Å². The fraction of sp³-hybridized carbons (Fsp3) is 0.364. The van der Waals surface area contributed by atoms with Gasteiger partial charge in [-0.2, -0.15) is 0 Å². The molecule has 0 N–H and O–H groups in total. The fourth-order valence-electron chi connectivity index (χ4n) is 4.31. The van der Waals surface area contributed by atoms with Gasteiger partial charge in [-0.05, 0) is 0 Å². The van der Waals surface area contributed by atoms with Gasteiger partial charge in [0.15, 0.2) is 0 Å². The summed E-state index contributed by atoms with van der Waals surface area (Å²) in [5, 5.41) is -0.355. The van der Waals surface area contributed by atoms with Crippen LogP contribution in [0, 0.1) is 0 Å². The van der Waals surface area contributed by atoms with Crippen molar-refractivity contribution in [3.05, 3.63) is 69.8 Å². The minimum absolute atomic E-state index is 0.116. The molecular weight excluding hydrogens is 565 g/mol. The third-order valence-corrected chi connectivity index (χ3v) is 16.7. The Labute approximate surface area is 194 Å². The van der Waals surface area contributed by atoms with Crippen LogP contribution < -0.4 is 8.79 Å². The Morgan fingerprint density at radius 2 is 0.686 bits per heavy atom. The van der Waals surface area contributed by atoms with Crippen LogP contribution in [-0.4, -0.2) is 13.3 Å². The summed E-state index contributed by atoms with van der Waals surface area (Å²) in [5.74, 6) is 0. The van der Waals surface area contributed by atoms with Crippen molar-refractivity contribution in [2.75, 3.05) is 0 Å². The third kappa shape index (κ3) is 5.51. The molecule has 0 fully saturated rings. The number of rotatable bonds is 2. The summed E-state index contributed by atoms with van der Waals surface area (Å²) in [7, 11) is 0. The quantitative estimate of drug-likeness (QED) is 0.194. The minimum atomic E-state index is -5.22. The zero-order chi connectivity index (χ0) is 26.8. The van der Waals surface area contributed by atoms with Gasteiger partial charge in [-0.3, -0.25) is 0 Å². The van der Waals surface area contributed by atoms with Gasteiger partial charge in [-0.1, -0.05) is 0 Å². The molecule has 1 aliphatic rings. The zero-order valence-corrected chi connectivity index (χ0v) is 20.0. The average Bonchev–Trinajstić information content (AvgIpc) is 3.00. The topological polar surface area (TPSA) is 0 Å². The summed E-state index contributed by atoms with van der Waals surface area (Å²) in [6, 6.07) is 1.52. The van der Waals surface area contributed by atoms with Crippen molar-refractivity contribution >= 4 is 22.1 Å². The van der Waals surface area contributed by atoms with Crippen LogP contribution in [0.3, 0.4) is 0 Å². The maximum absolute atomic E-state index is 13.5. The van der Waals surface area contributed by atoms with Gasteiger partial charge >= 0.3 is 194 Å². The molecule has 0 atom stereocenters. The van der Waals surface area contributed by atoms with E-state index in [1.54, 1.807) is 0 Å². The van der Waals surface area contributed by atoms with Gasteiger partial charge in [0.05, 0.1) is 0 Å². The van der Waals surface area contributed by atoms with E-state index in [2.05, 4.69) is 0 Å². The standard InChI is InChI=1S/C22H16F12Ge/c1-11-9-35(10-12(11)2,17-5-13(19(23,24)25)3-14(6-17)20(26,27)28)18-7-15(21(29,30)31)4-16(8-18)22(32,33)34/h3-8H,9-10H2,1-2H3. The van der Waals surface area contributed by atoms with E-state index in [1.165, 1.54) is 13.8 Å². The van der Waals surface area contributed by atoms with Crippen molar-refractivity contribution in [2.24, 2.45) is 0 Å². The second-order valence-electron chi connectivity index (χ2n) is 8.59. The molecule has 0 saturated carbocycles. The molecule has 1 aliphatic heterocycles. The second-order valence-corrected chi connectivity index (χ2v) is 17.0. The number of alkyl halides is 12. The van der Waals surface area contributed by atoms with E-state index in [1.807, 2.05) is 0 Å². The SMILES string of the molecule is CC1=C(C)[CH2][Ge]([c]2cc(C(F)(F)F)cc(C(F)(F)F)c2)([c]2cc(C(F)(F)F)cc(C(F)(F)F)c2)[CH2]1. The Hall–Kier alpha value is -2.12. The summed E-state index contributed by atoms with van der Waals surface area (Å²) in [4.78, 5) is 0. The van der Waals surface area contributed by atoms with Gasteiger partial charge < -0.3 is 0 Å². The van der Waals surface area contributed by atoms with Crippen molar-refractivity contribution in [1.29, 1.82) is 0 Å². The Balaban J connectivity index is 2.42. The predicted molar refractivity (Wildman–Crippen MR) is 106 cm³/mol. The first-order valence-corrected chi connectivity index (χ1v) is 15.0. The Morgan fingerprint density at radius 1 is 0.457 bits per heavy atom. The van der Waals surface area contributed by atoms with Gasteiger partial charge in [0.2, 0.25) is 0 Å². The van der Waals surface area contributed by atoms with Crippen LogP contribution >= 0.6 is 0 Å². The number of benzene rings is 2. The molecule has 0 spiro atoms. The molecule has 13 heteroatoms. The molecule has 0 unspecified atom stereocenters. The maximum atomic E-state index is 13.5. The number of allylic oxidation sites excluding steroid dienone is 2. The molecule has 0 bridgehead atoms. The van der Waals surface area contributed by atoms with Crippen LogP contribution in [0.2, 0.25) is 10.5 Å². The van der Waals surface area contributed by atoms with Gasteiger partial charge in [0, 0.05) is 0 Å². The average molecular weight is 581 g/mol. The third-order valence-electron chi connectivity index (χ3n) is 6.14. The van der Waals surface area contributed by atoms with E-state index in [4.69, 9.17) is 0 Å². The summed E-state index contributed by atoms with van der Waals surface area (Å²) >= 11 is -4.73. The van der Waals surface area contributed by atoms with Crippen LogP contribution in [0.1, 0.15) is 36.1 Å².